The van der Waals surface area contributed by atoms with Crippen molar-refractivity contribution in [3.8, 4) is 0 Å². The van der Waals surface area contributed by atoms with Crippen LogP contribution in [-0.4, -0.2) is 40.7 Å². The fraction of sp³-hybridized carbons (Fsp3) is 0.462. The van der Waals surface area contributed by atoms with Gasteiger partial charge in [0.25, 0.3) is 0 Å². The van der Waals surface area contributed by atoms with Crippen molar-refractivity contribution in [2.45, 2.75) is 19.5 Å². The summed E-state index contributed by atoms with van der Waals surface area (Å²) in [6.07, 6.45) is 6.07. The average molecular weight is 259 g/mol. The Kier molecular flexibility index (Phi) is 3.16. The lowest BCUT2D eigenvalue weighted by atomic mass is 10.1. The predicted molar refractivity (Wildman–Crippen MR) is 70.7 cm³/mol. The van der Waals surface area contributed by atoms with Gasteiger partial charge in [0.15, 0.2) is 0 Å². The largest absolute Gasteiger partial charge is 0.361 e. The highest BCUT2D eigenvalue weighted by Gasteiger charge is 2.24. The second-order valence-electron chi connectivity index (χ2n) is 5.00. The van der Waals surface area contributed by atoms with Crippen molar-refractivity contribution in [2.24, 2.45) is 0 Å². The van der Waals surface area contributed by atoms with Gasteiger partial charge in [-0.1, -0.05) is 5.16 Å². The van der Waals surface area contributed by atoms with Crippen molar-refractivity contribution in [1.29, 1.82) is 0 Å². The van der Waals surface area contributed by atoms with E-state index >= 15 is 0 Å². The van der Waals surface area contributed by atoms with Crippen LogP contribution in [0.2, 0.25) is 0 Å². The van der Waals surface area contributed by atoms with E-state index in [-0.39, 0.29) is 0 Å². The highest BCUT2D eigenvalue weighted by molar-refractivity contribution is 5.41. The summed E-state index contributed by atoms with van der Waals surface area (Å²) in [4.78, 5) is 12.8. The highest BCUT2D eigenvalue weighted by Crippen LogP contribution is 2.25. The van der Waals surface area contributed by atoms with Crippen LogP contribution >= 0.6 is 0 Å². The van der Waals surface area contributed by atoms with Crippen LogP contribution in [0, 0.1) is 0 Å². The molecule has 2 aromatic heterocycles. The van der Waals surface area contributed by atoms with E-state index in [0.29, 0.717) is 0 Å². The summed E-state index contributed by atoms with van der Waals surface area (Å²) in [6, 6.07) is 0. The van der Waals surface area contributed by atoms with Gasteiger partial charge in [0.2, 0.25) is 0 Å². The lowest BCUT2D eigenvalue weighted by Gasteiger charge is -2.27. The van der Waals surface area contributed by atoms with Gasteiger partial charge in [0.1, 0.15) is 17.3 Å². The SMILES string of the molecule is CN(C)Cc1noc2c1CN(c1cnccn1)CC2. The standard InChI is InChI=1S/C13H17N5O/c1-17(2)9-11-10-8-18(6-3-12(10)19-16-11)13-7-14-4-5-15-13/h4-5,7H,3,6,8-9H2,1-2H3. The van der Waals surface area contributed by atoms with Crippen LogP contribution in [0.1, 0.15) is 17.0 Å². The van der Waals surface area contributed by atoms with Crippen LogP contribution < -0.4 is 4.90 Å². The van der Waals surface area contributed by atoms with Crippen LogP contribution in [0.5, 0.6) is 0 Å². The number of aromatic nitrogens is 3. The maximum Gasteiger partial charge on any atom is 0.147 e. The zero-order valence-electron chi connectivity index (χ0n) is 11.2. The molecule has 0 saturated heterocycles. The molecule has 0 spiro atoms. The van der Waals surface area contributed by atoms with Crippen LogP contribution in [0.15, 0.2) is 23.1 Å². The molecule has 6 nitrogen and oxygen atoms in total. The predicted octanol–water partition coefficient (Wildman–Crippen LogP) is 1.09. The van der Waals surface area contributed by atoms with Gasteiger partial charge in [-0.3, -0.25) is 4.98 Å². The third-order valence-electron chi connectivity index (χ3n) is 3.25. The molecular weight excluding hydrogens is 242 g/mol. The van der Waals surface area contributed by atoms with Crippen LogP contribution in [-0.2, 0) is 19.5 Å². The molecule has 0 saturated carbocycles. The Labute approximate surface area is 112 Å². The first-order chi connectivity index (χ1) is 9.24. The molecule has 6 heteroatoms. The van der Waals surface area contributed by atoms with E-state index < -0.39 is 0 Å². The second-order valence-corrected chi connectivity index (χ2v) is 5.00. The van der Waals surface area contributed by atoms with E-state index in [1.807, 2.05) is 14.1 Å². The minimum atomic E-state index is 0.792. The smallest absolute Gasteiger partial charge is 0.147 e. The van der Waals surface area contributed by atoms with Crippen molar-refractivity contribution < 1.29 is 4.52 Å². The number of hydrogen-bond acceptors (Lipinski definition) is 6. The number of fused-ring (bicyclic) bond motifs is 1. The van der Waals surface area contributed by atoms with Gasteiger partial charge >= 0.3 is 0 Å². The van der Waals surface area contributed by atoms with Crippen molar-refractivity contribution in [2.75, 3.05) is 25.5 Å². The Bertz CT molecular complexity index is 551. The van der Waals surface area contributed by atoms with Gasteiger partial charge in [0, 0.05) is 44.0 Å². The van der Waals surface area contributed by atoms with E-state index in [0.717, 1.165) is 43.3 Å². The topological polar surface area (TPSA) is 58.3 Å². The second kappa shape index (κ2) is 4.97. The lowest BCUT2D eigenvalue weighted by Crippen LogP contribution is -2.31. The molecule has 3 rings (SSSR count). The molecule has 3 heterocycles. The summed E-state index contributed by atoms with van der Waals surface area (Å²) in [5.41, 5.74) is 2.22. The Morgan fingerprint density at radius 2 is 2.26 bits per heavy atom. The van der Waals surface area contributed by atoms with Crippen LogP contribution in [0.4, 0.5) is 5.82 Å². The quantitative estimate of drug-likeness (QED) is 0.822. The van der Waals surface area contributed by atoms with Gasteiger partial charge < -0.3 is 14.3 Å². The zero-order chi connectivity index (χ0) is 13.2. The molecule has 0 unspecified atom stereocenters. The third kappa shape index (κ3) is 2.44. The number of nitrogens with zero attached hydrogens (tertiary/aromatic N) is 5. The summed E-state index contributed by atoms with van der Waals surface area (Å²) in [6.45, 7) is 2.48. The van der Waals surface area contributed by atoms with Gasteiger partial charge in [-0.25, -0.2) is 4.98 Å². The minimum absolute atomic E-state index is 0.792. The maximum absolute atomic E-state index is 5.43. The van der Waals surface area contributed by atoms with Crippen LogP contribution in [0.25, 0.3) is 0 Å². The van der Waals surface area contributed by atoms with Crippen molar-refractivity contribution >= 4 is 5.82 Å². The molecule has 1 aliphatic heterocycles. The summed E-state index contributed by atoms with van der Waals surface area (Å²) in [5, 5.41) is 4.19. The molecule has 1 aliphatic rings. The first kappa shape index (κ1) is 12.1. The minimum Gasteiger partial charge on any atom is -0.361 e. The fourth-order valence-corrected chi connectivity index (χ4v) is 2.34. The lowest BCUT2D eigenvalue weighted by molar-refractivity contribution is 0.348. The molecule has 19 heavy (non-hydrogen) atoms. The Balaban J connectivity index is 1.84. The number of rotatable bonds is 3. The maximum atomic E-state index is 5.43. The Morgan fingerprint density at radius 3 is 3.00 bits per heavy atom. The molecule has 100 valence electrons. The van der Waals surface area contributed by atoms with Gasteiger partial charge in [-0.15, -0.1) is 0 Å². The van der Waals surface area contributed by atoms with Gasteiger partial charge in [-0.05, 0) is 14.1 Å². The molecular formula is C13H17N5O. The first-order valence-electron chi connectivity index (χ1n) is 6.36. The normalized spacial score (nSPS) is 14.8. The van der Waals surface area contributed by atoms with Crippen LogP contribution in [0.3, 0.4) is 0 Å². The highest BCUT2D eigenvalue weighted by atomic mass is 16.5. The monoisotopic (exact) mass is 259 g/mol. The molecule has 0 bridgehead atoms. The average Bonchev–Trinajstić information content (AvgIpc) is 2.82. The van der Waals surface area contributed by atoms with Crippen molar-refractivity contribution in [3.63, 3.8) is 0 Å². The summed E-state index contributed by atoms with van der Waals surface area (Å²) >= 11 is 0. The molecule has 0 atom stereocenters. The summed E-state index contributed by atoms with van der Waals surface area (Å²) < 4.78 is 5.43. The van der Waals surface area contributed by atoms with E-state index in [4.69, 9.17) is 4.52 Å². The fourth-order valence-electron chi connectivity index (χ4n) is 2.34. The zero-order valence-corrected chi connectivity index (χ0v) is 11.2. The van der Waals surface area contributed by atoms with Gasteiger partial charge in [-0.2, -0.15) is 0 Å². The van der Waals surface area contributed by atoms with E-state index in [1.54, 1.807) is 18.6 Å². The number of anilines is 1. The van der Waals surface area contributed by atoms with Gasteiger partial charge in [0.05, 0.1) is 6.20 Å². The molecule has 0 aliphatic carbocycles. The third-order valence-corrected chi connectivity index (χ3v) is 3.25. The number of hydrogen-bond donors (Lipinski definition) is 0. The molecule has 0 aromatic carbocycles. The molecule has 0 radical (unpaired) electrons. The Morgan fingerprint density at radius 1 is 1.37 bits per heavy atom. The molecule has 0 fully saturated rings. The molecule has 2 aromatic rings. The van der Waals surface area contributed by atoms with E-state index in [9.17, 15) is 0 Å². The van der Waals surface area contributed by atoms with Crippen molar-refractivity contribution in [1.82, 2.24) is 20.0 Å². The molecule has 0 N–H and O–H groups in total. The van der Waals surface area contributed by atoms with E-state index in [1.165, 1.54) is 5.56 Å². The summed E-state index contributed by atoms with van der Waals surface area (Å²) in [5.74, 6) is 1.92. The summed E-state index contributed by atoms with van der Waals surface area (Å²) in [7, 11) is 4.06. The van der Waals surface area contributed by atoms with Crippen molar-refractivity contribution in [3.05, 3.63) is 35.6 Å². The molecule has 0 amide bonds. The van der Waals surface area contributed by atoms with E-state index in [2.05, 4.69) is 24.9 Å². The first-order valence-corrected chi connectivity index (χ1v) is 6.36. The Hall–Kier alpha value is -1.95.